The van der Waals surface area contributed by atoms with Crippen LogP contribution in [0.2, 0.25) is 5.02 Å². The molecule has 3 aromatic rings. The van der Waals surface area contributed by atoms with E-state index in [9.17, 15) is 24.9 Å². The number of hydrogen-bond acceptors (Lipinski definition) is 6. The van der Waals surface area contributed by atoms with Crippen LogP contribution in [0.5, 0.6) is 11.5 Å². The molecule has 44 heavy (non-hydrogen) atoms. The molecule has 1 aliphatic heterocycles. The van der Waals surface area contributed by atoms with Gasteiger partial charge in [0.05, 0.1) is 35.3 Å². The minimum atomic E-state index is -0.966. The number of rotatable bonds is 12. The van der Waals surface area contributed by atoms with Gasteiger partial charge in [-0.2, -0.15) is 0 Å². The van der Waals surface area contributed by atoms with Gasteiger partial charge in [-0.3, -0.25) is 14.5 Å². The second-order valence-electron chi connectivity index (χ2n) is 11.4. The number of fused-ring (bicyclic) bond motifs is 1. The molecule has 230 valence electrons. The lowest BCUT2D eigenvalue weighted by Crippen LogP contribution is -2.40. The van der Waals surface area contributed by atoms with Crippen LogP contribution in [0, 0.1) is 17.8 Å². The second-order valence-corrected chi connectivity index (χ2v) is 11.9. The summed E-state index contributed by atoms with van der Waals surface area (Å²) >= 11 is 6.37. The smallest absolute Gasteiger partial charge is 0.238 e. The van der Waals surface area contributed by atoms with Crippen molar-refractivity contribution in [1.82, 2.24) is 0 Å². The maximum Gasteiger partial charge on any atom is 0.238 e. The summed E-state index contributed by atoms with van der Waals surface area (Å²) in [5.74, 6) is -2.07. The van der Waals surface area contributed by atoms with Gasteiger partial charge in [0.25, 0.3) is 0 Å². The number of nitrogens with zero attached hydrogens (tertiary/aromatic N) is 1. The molecule has 1 saturated heterocycles. The first-order valence-corrected chi connectivity index (χ1v) is 15.5. The molecule has 0 aromatic heterocycles. The summed E-state index contributed by atoms with van der Waals surface area (Å²) in [5, 5.41) is 32.6. The van der Waals surface area contributed by atoms with Gasteiger partial charge < -0.3 is 20.1 Å². The summed E-state index contributed by atoms with van der Waals surface area (Å²) in [5.41, 5.74) is 3.68. The molecule has 1 fully saturated rings. The van der Waals surface area contributed by atoms with Crippen LogP contribution in [-0.4, -0.2) is 46.5 Å². The van der Waals surface area contributed by atoms with Gasteiger partial charge in [0.2, 0.25) is 11.8 Å². The fraction of sp³-hybridized carbons (Fsp3) is 0.333. The standard InChI is InChI=1S/C36H38ClNO6/c1-2-9-23(18-24-15-16-27(40)20-31(24)37)14-17-32(41)33-25(22-44-28-12-7-4-8-13-28)19-29-34(30(33)21-39)36(43)38(35(29)42)26-10-5-3-6-11-26/h3-8,10-13,15-16,18,20,29-30,32,34,39-41H,2,9,14,17,19,21-22H2,1H3/b23-18+/t29-,30+,32-,34-/m1/s1. The van der Waals surface area contributed by atoms with Crippen LogP contribution in [0.3, 0.4) is 0 Å². The highest BCUT2D eigenvalue weighted by Gasteiger charge is 2.55. The van der Waals surface area contributed by atoms with Crippen molar-refractivity contribution in [3.8, 4) is 11.5 Å². The number of ether oxygens (including phenoxy) is 1. The lowest BCUT2D eigenvalue weighted by molar-refractivity contribution is -0.123. The van der Waals surface area contributed by atoms with Gasteiger partial charge in [-0.15, -0.1) is 0 Å². The molecule has 1 heterocycles. The zero-order chi connectivity index (χ0) is 31.2. The highest BCUT2D eigenvalue weighted by Crippen LogP contribution is 2.47. The van der Waals surface area contributed by atoms with Crippen molar-refractivity contribution in [2.75, 3.05) is 18.1 Å². The van der Waals surface area contributed by atoms with Crippen LogP contribution < -0.4 is 9.64 Å². The number of phenols is 1. The van der Waals surface area contributed by atoms with E-state index in [4.69, 9.17) is 16.3 Å². The summed E-state index contributed by atoms with van der Waals surface area (Å²) in [7, 11) is 0. The van der Waals surface area contributed by atoms with Crippen LogP contribution in [0.15, 0.2) is 95.6 Å². The van der Waals surface area contributed by atoms with E-state index in [0.29, 0.717) is 34.9 Å². The van der Waals surface area contributed by atoms with E-state index >= 15 is 0 Å². The fourth-order valence-electron chi connectivity index (χ4n) is 6.53. The van der Waals surface area contributed by atoms with Crippen LogP contribution in [0.4, 0.5) is 5.69 Å². The third-order valence-corrected chi connectivity index (χ3v) is 8.89. The number of allylic oxidation sites excluding steroid dienone is 1. The normalized spacial score (nSPS) is 21.0. The van der Waals surface area contributed by atoms with Gasteiger partial charge in [-0.25, -0.2) is 0 Å². The molecule has 1 aliphatic carbocycles. The Morgan fingerprint density at radius 1 is 1.02 bits per heavy atom. The van der Waals surface area contributed by atoms with Crippen molar-refractivity contribution in [2.45, 2.75) is 45.1 Å². The van der Waals surface area contributed by atoms with Crippen molar-refractivity contribution in [3.05, 3.63) is 106 Å². The van der Waals surface area contributed by atoms with Gasteiger partial charge >= 0.3 is 0 Å². The summed E-state index contributed by atoms with van der Waals surface area (Å²) < 4.78 is 6.10. The van der Waals surface area contributed by atoms with E-state index in [-0.39, 0.29) is 37.2 Å². The Balaban J connectivity index is 1.45. The van der Waals surface area contributed by atoms with Gasteiger partial charge in [0, 0.05) is 5.92 Å². The first kappa shape index (κ1) is 31.5. The highest BCUT2D eigenvalue weighted by atomic mass is 35.5. The van der Waals surface area contributed by atoms with Gasteiger partial charge in [-0.1, -0.05) is 73.0 Å². The van der Waals surface area contributed by atoms with E-state index in [2.05, 4.69) is 6.92 Å². The zero-order valence-corrected chi connectivity index (χ0v) is 25.5. The molecular formula is C36H38ClNO6. The zero-order valence-electron chi connectivity index (χ0n) is 24.7. The number of halogens is 1. The lowest BCUT2D eigenvalue weighted by atomic mass is 9.68. The monoisotopic (exact) mass is 615 g/mol. The Morgan fingerprint density at radius 3 is 2.39 bits per heavy atom. The molecule has 4 atom stereocenters. The molecule has 7 nitrogen and oxygen atoms in total. The number of aliphatic hydroxyl groups is 2. The number of imide groups is 1. The number of carbonyl (C=O) groups is 2. The quantitative estimate of drug-likeness (QED) is 0.157. The molecular weight excluding hydrogens is 578 g/mol. The van der Waals surface area contributed by atoms with Crippen molar-refractivity contribution < 1.29 is 29.6 Å². The summed E-state index contributed by atoms with van der Waals surface area (Å²) in [6.07, 6.45) is 3.87. The van der Waals surface area contributed by atoms with Crippen LogP contribution in [0.25, 0.3) is 6.08 Å². The van der Waals surface area contributed by atoms with Gasteiger partial charge in [-0.05, 0) is 84.9 Å². The molecule has 5 rings (SSSR count). The highest BCUT2D eigenvalue weighted by molar-refractivity contribution is 6.32. The summed E-state index contributed by atoms with van der Waals surface area (Å²) in [6.45, 7) is 1.82. The SMILES string of the molecule is CCC/C(=C\c1ccc(O)cc1Cl)CC[C@@H](O)C1=C(COc2ccccc2)C[C@H]2C(=O)N(c3ccccc3)C(=O)[C@H]2[C@H]1CO. The van der Waals surface area contributed by atoms with E-state index < -0.39 is 23.9 Å². The fourth-order valence-corrected chi connectivity index (χ4v) is 6.76. The summed E-state index contributed by atoms with van der Waals surface area (Å²) in [6, 6.07) is 23.0. The number of hydrogen-bond donors (Lipinski definition) is 3. The van der Waals surface area contributed by atoms with Crippen LogP contribution >= 0.6 is 11.6 Å². The Hall–Kier alpha value is -3.91. The predicted molar refractivity (Wildman–Crippen MR) is 171 cm³/mol. The van der Waals surface area contributed by atoms with Crippen LogP contribution in [0.1, 0.15) is 44.6 Å². The third kappa shape index (κ3) is 6.75. The number of amides is 2. The predicted octanol–water partition coefficient (Wildman–Crippen LogP) is 6.56. The molecule has 8 heteroatoms. The molecule has 2 aliphatic rings. The van der Waals surface area contributed by atoms with Crippen LogP contribution in [-0.2, 0) is 9.59 Å². The third-order valence-electron chi connectivity index (χ3n) is 8.56. The second kappa shape index (κ2) is 14.2. The van der Waals surface area contributed by atoms with E-state index in [1.54, 1.807) is 36.4 Å². The molecule has 0 bridgehead atoms. The Bertz CT molecular complexity index is 1540. The minimum Gasteiger partial charge on any atom is -0.508 e. The number of anilines is 1. The molecule has 3 N–H and O–H groups in total. The number of phenolic OH excluding ortho intramolecular Hbond substituents is 1. The number of benzene rings is 3. The van der Waals surface area contributed by atoms with Crippen molar-refractivity contribution in [3.63, 3.8) is 0 Å². The molecule has 3 aromatic carbocycles. The average Bonchev–Trinajstić information content (AvgIpc) is 3.28. The molecule has 0 saturated carbocycles. The van der Waals surface area contributed by atoms with E-state index in [1.807, 2.05) is 42.5 Å². The van der Waals surface area contributed by atoms with E-state index in [0.717, 1.165) is 29.6 Å². The number of aromatic hydroxyl groups is 1. The average molecular weight is 616 g/mol. The van der Waals surface area contributed by atoms with Gasteiger partial charge in [0.1, 0.15) is 18.1 Å². The number of carbonyl (C=O) groups excluding carboxylic acids is 2. The molecule has 0 spiro atoms. The Morgan fingerprint density at radius 2 is 1.73 bits per heavy atom. The number of para-hydroxylation sites is 2. The van der Waals surface area contributed by atoms with Crippen molar-refractivity contribution in [1.29, 1.82) is 0 Å². The largest absolute Gasteiger partial charge is 0.508 e. The molecule has 0 radical (unpaired) electrons. The summed E-state index contributed by atoms with van der Waals surface area (Å²) in [4.78, 5) is 28.7. The van der Waals surface area contributed by atoms with Crippen molar-refractivity contribution >= 4 is 35.2 Å². The topological polar surface area (TPSA) is 107 Å². The first-order valence-electron chi connectivity index (χ1n) is 15.1. The lowest BCUT2D eigenvalue weighted by Gasteiger charge is -2.36. The minimum absolute atomic E-state index is 0.0909. The Labute approximate surface area is 263 Å². The van der Waals surface area contributed by atoms with E-state index in [1.165, 1.54) is 11.0 Å². The Kier molecular flexibility index (Phi) is 10.2. The van der Waals surface area contributed by atoms with Crippen molar-refractivity contribution in [2.24, 2.45) is 17.8 Å². The number of aliphatic hydroxyl groups excluding tert-OH is 2. The van der Waals surface area contributed by atoms with Gasteiger partial charge in [0.15, 0.2) is 0 Å². The molecule has 2 amide bonds. The molecule has 0 unspecified atom stereocenters. The maximum absolute atomic E-state index is 13.8. The first-order chi connectivity index (χ1) is 21.3. The maximum atomic E-state index is 13.8.